The van der Waals surface area contributed by atoms with Gasteiger partial charge >= 0.3 is 0 Å². The Labute approximate surface area is 104 Å². The first-order valence-corrected chi connectivity index (χ1v) is 6.58. The molecular weight excluding hydrogens is 239 g/mol. The fourth-order valence-corrected chi connectivity index (χ4v) is 2.89. The minimum absolute atomic E-state index is 0.0732. The van der Waals surface area contributed by atoms with Gasteiger partial charge in [0.05, 0.1) is 5.56 Å². The van der Waals surface area contributed by atoms with Crippen molar-refractivity contribution < 1.29 is 9.18 Å². The number of nitrogen functional groups attached to an aromatic ring is 1. The van der Waals surface area contributed by atoms with Crippen molar-refractivity contribution in [1.82, 2.24) is 4.90 Å². The summed E-state index contributed by atoms with van der Waals surface area (Å²) in [5.74, 6) is 0.133. The number of hydrogen-bond donors (Lipinski definition) is 1. The zero-order valence-corrected chi connectivity index (χ0v) is 10.5. The number of amides is 1. The molecule has 3 nitrogen and oxygen atoms in total. The highest BCUT2D eigenvalue weighted by atomic mass is 32.2. The third-order valence-electron chi connectivity index (χ3n) is 2.75. The first-order valence-electron chi connectivity index (χ1n) is 5.54. The highest BCUT2D eigenvalue weighted by Gasteiger charge is 2.24. The van der Waals surface area contributed by atoms with Crippen molar-refractivity contribution in [3.63, 3.8) is 0 Å². The number of thioether (sulfide) groups is 1. The molecule has 0 spiro atoms. The number of nitrogens with two attached hydrogens (primary N) is 1. The van der Waals surface area contributed by atoms with Crippen LogP contribution in [-0.4, -0.2) is 34.9 Å². The number of rotatable bonds is 1. The van der Waals surface area contributed by atoms with Crippen LogP contribution in [0.3, 0.4) is 0 Å². The van der Waals surface area contributed by atoms with Crippen LogP contribution in [0.5, 0.6) is 0 Å². The van der Waals surface area contributed by atoms with Crippen LogP contribution in [0.15, 0.2) is 18.2 Å². The number of carbonyl (C=O) groups is 1. The van der Waals surface area contributed by atoms with Crippen LogP contribution in [0.4, 0.5) is 10.1 Å². The summed E-state index contributed by atoms with van der Waals surface area (Å²) in [6.07, 6.45) is 0. The standard InChI is InChI=1S/C12H15FN2OS/c1-8-7-15(4-5-17-8)12(16)10-6-9(14)2-3-11(10)13/h2-3,6,8H,4-5,7,14H2,1H3. The molecule has 5 heteroatoms. The van der Waals surface area contributed by atoms with E-state index in [0.717, 1.165) is 5.75 Å². The van der Waals surface area contributed by atoms with Gasteiger partial charge in [-0.05, 0) is 18.2 Å². The van der Waals surface area contributed by atoms with Crippen molar-refractivity contribution in [3.05, 3.63) is 29.6 Å². The van der Waals surface area contributed by atoms with Crippen molar-refractivity contribution in [2.24, 2.45) is 0 Å². The average Bonchev–Trinajstić information content (AvgIpc) is 2.31. The zero-order valence-electron chi connectivity index (χ0n) is 9.65. The van der Waals surface area contributed by atoms with E-state index >= 15 is 0 Å². The second kappa shape index (κ2) is 4.96. The molecule has 1 aromatic carbocycles. The second-order valence-corrected chi connectivity index (χ2v) is 5.72. The van der Waals surface area contributed by atoms with E-state index in [1.165, 1.54) is 18.2 Å². The summed E-state index contributed by atoms with van der Waals surface area (Å²) >= 11 is 1.83. The molecule has 0 saturated carbocycles. The van der Waals surface area contributed by atoms with E-state index < -0.39 is 5.82 Å². The van der Waals surface area contributed by atoms with Gasteiger partial charge in [-0.1, -0.05) is 6.92 Å². The normalized spacial score (nSPS) is 20.4. The van der Waals surface area contributed by atoms with E-state index in [1.54, 1.807) is 4.90 Å². The minimum Gasteiger partial charge on any atom is -0.399 e. The van der Waals surface area contributed by atoms with Gasteiger partial charge in [0.25, 0.3) is 5.91 Å². The van der Waals surface area contributed by atoms with Crippen LogP contribution in [0.2, 0.25) is 0 Å². The maximum atomic E-state index is 13.6. The van der Waals surface area contributed by atoms with E-state index in [4.69, 9.17) is 5.73 Å². The van der Waals surface area contributed by atoms with Gasteiger partial charge < -0.3 is 10.6 Å². The third-order valence-corrected chi connectivity index (χ3v) is 3.89. The smallest absolute Gasteiger partial charge is 0.256 e. The number of hydrogen-bond acceptors (Lipinski definition) is 3. The molecule has 17 heavy (non-hydrogen) atoms. The molecule has 1 heterocycles. The van der Waals surface area contributed by atoms with Crippen molar-refractivity contribution in [2.75, 3.05) is 24.6 Å². The van der Waals surface area contributed by atoms with Gasteiger partial charge in [-0.15, -0.1) is 0 Å². The Morgan fingerprint density at radius 3 is 3.06 bits per heavy atom. The van der Waals surface area contributed by atoms with E-state index in [1.807, 2.05) is 11.8 Å². The Morgan fingerprint density at radius 1 is 1.59 bits per heavy atom. The van der Waals surface area contributed by atoms with Gasteiger partial charge in [0.15, 0.2) is 0 Å². The lowest BCUT2D eigenvalue weighted by molar-refractivity contribution is 0.0758. The summed E-state index contributed by atoms with van der Waals surface area (Å²) in [4.78, 5) is 13.8. The Hall–Kier alpha value is -1.23. The molecule has 0 aliphatic carbocycles. The second-order valence-electron chi connectivity index (χ2n) is 4.17. The Kier molecular flexibility index (Phi) is 3.57. The Morgan fingerprint density at radius 2 is 2.35 bits per heavy atom. The minimum atomic E-state index is -0.505. The molecule has 0 radical (unpaired) electrons. The molecule has 0 aromatic heterocycles. The molecule has 1 aliphatic rings. The molecule has 1 saturated heterocycles. The van der Waals surface area contributed by atoms with Gasteiger partial charge in [-0.3, -0.25) is 4.79 Å². The zero-order chi connectivity index (χ0) is 12.4. The number of carbonyl (C=O) groups excluding carboxylic acids is 1. The Bertz CT molecular complexity index is 439. The average molecular weight is 254 g/mol. The molecule has 1 fully saturated rings. The number of nitrogens with zero attached hydrogens (tertiary/aromatic N) is 1. The van der Waals surface area contributed by atoms with Gasteiger partial charge in [0.1, 0.15) is 5.82 Å². The first-order chi connectivity index (χ1) is 8.08. The SMILES string of the molecule is CC1CN(C(=O)c2cc(N)ccc2F)CCS1. The highest BCUT2D eigenvalue weighted by Crippen LogP contribution is 2.21. The summed E-state index contributed by atoms with van der Waals surface area (Å²) in [7, 11) is 0. The molecule has 2 N–H and O–H groups in total. The van der Waals surface area contributed by atoms with E-state index in [0.29, 0.717) is 24.0 Å². The largest absolute Gasteiger partial charge is 0.399 e. The number of benzene rings is 1. The molecule has 1 aromatic rings. The van der Waals surface area contributed by atoms with Crippen LogP contribution < -0.4 is 5.73 Å². The van der Waals surface area contributed by atoms with E-state index in [-0.39, 0.29) is 11.5 Å². The maximum Gasteiger partial charge on any atom is 0.256 e. The van der Waals surface area contributed by atoms with Gasteiger partial charge in [0.2, 0.25) is 0 Å². The summed E-state index contributed by atoms with van der Waals surface area (Å²) in [6, 6.07) is 4.11. The lowest BCUT2D eigenvalue weighted by Crippen LogP contribution is -2.41. The number of anilines is 1. The molecule has 2 rings (SSSR count). The van der Waals surface area contributed by atoms with Gasteiger partial charge in [0, 0.05) is 29.8 Å². The quantitative estimate of drug-likeness (QED) is 0.780. The van der Waals surface area contributed by atoms with E-state index in [2.05, 4.69) is 6.92 Å². The highest BCUT2D eigenvalue weighted by molar-refractivity contribution is 7.99. The number of halogens is 1. The monoisotopic (exact) mass is 254 g/mol. The van der Waals surface area contributed by atoms with Crippen LogP contribution >= 0.6 is 11.8 Å². The predicted octanol–water partition coefficient (Wildman–Crippen LogP) is 1.99. The molecule has 0 bridgehead atoms. The van der Waals surface area contributed by atoms with Crippen LogP contribution in [0.1, 0.15) is 17.3 Å². The summed E-state index contributed by atoms with van der Waals surface area (Å²) < 4.78 is 13.6. The molecule has 92 valence electrons. The van der Waals surface area contributed by atoms with Crippen LogP contribution in [0, 0.1) is 5.82 Å². The van der Waals surface area contributed by atoms with E-state index in [9.17, 15) is 9.18 Å². The van der Waals surface area contributed by atoms with Crippen molar-refractivity contribution in [1.29, 1.82) is 0 Å². The van der Waals surface area contributed by atoms with Crippen LogP contribution in [0.25, 0.3) is 0 Å². The molecule has 1 unspecified atom stereocenters. The van der Waals surface area contributed by atoms with Crippen molar-refractivity contribution in [3.8, 4) is 0 Å². The fourth-order valence-electron chi connectivity index (χ4n) is 1.88. The third kappa shape index (κ3) is 2.72. The predicted molar refractivity (Wildman–Crippen MR) is 68.6 cm³/mol. The first kappa shape index (κ1) is 12.2. The molecule has 1 atom stereocenters. The van der Waals surface area contributed by atoms with Crippen molar-refractivity contribution in [2.45, 2.75) is 12.2 Å². The van der Waals surface area contributed by atoms with Gasteiger partial charge in [-0.2, -0.15) is 11.8 Å². The Balaban J connectivity index is 2.21. The molecule has 1 amide bonds. The summed E-state index contributed by atoms with van der Waals surface area (Å²) in [5.41, 5.74) is 6.07. The van der Waals surface area contributed by atoms with Crippen LogP contribution in [-0.2, 0) is 0 Å². The maximum absolute atomic E-state index is 13.6. The lowest BCUT2D eigenvalue weighted by Gasteiger charge is -2.30. The topological polar surface area (TPSA) is 46.3 Å². The summed E-state index contributed by atoms with van der Waals surface area (Å²) in [6.45, 7) is 3.40. The van der Waals surface area contributed by atoms with Crippen molar-refractivity contribution >= 4 is 23.4 Å². The van der Waals surface area contributed by atoms with Gasteiger partial charge in [-0.25, -0.2) is 4.39 Å². The molecular formula is C12H15FN2OS. The molecule has 1 aliphatic heterocycles. The lowest BCUT2D eigenvalue weighted by atomic mass is 10.1. The summed E-state index contributed by atoms with van der Waals surface area (Å²) in [5, 5.41) is 0.400. The fraction of sp³-hybridized carbons (Fsp3) is 0.417.